The Morgan fingerprint density at radius 2 is 2.11 bits per heavy atom. The van der Waals surface area contributed by atoms with Gasteiger partial charge in [0.2, 0.25) is 0 Å². The van der Waals surface area contributed by atoms with E-state index in [1.54, 1.807) is 11.3 Å². The van der Waals surface area contributed by atoms with Crippen molar-refractivity contribution in [2.45, 2.75) is 19.8 Å². The van der Waals surface area contributed by atoms with Crippen LogP contribution in [0, 0.1) is 0 Å². The van der Waals surface area contributed by atoms with Gasteiger partial charge in [-0.15, -0.1) is 11.3 Å². The van der Waals surface area contributed by atoms with E-state index in [1.165, 1.54) is 0 Å². The third-order valence-corrected chi connectivity index (χ3v) is 3.60. The van der Waals surface area contributed by atoms with Gasteiger partial charge in [-0.05, 0) is 34.0 Å². The topological polar surface area (TPSA) is 45.7 Å². The van der Waals surface area contributed by atoms with Crippen LogP contribution in [-0.4, -0.2) is 56.7 Å². The Morgan fingerprint density at radius 3 is 2.74 bits per heavy atom. The second-order valence-corrected chi connectivity index (χ2v) is 5.52. The van der Waals surface area contributed by atoms with Crippen molar-refractivity contribution >= 4 is 22.4 Å². The third-order valence-electron chi connectivity index (χ3n) is 2.60. The maximum atomic E-state index is 11.4. The summed E-state index contributed by atoms with van der Waals surface area (Å²) < 4.78 is 4.91. The monoisotopic (exact) mass is 285 g/mol. The molecule has 0 N–H and O–H groups in total. The summed E-state index contributed by atoms with van der Waals surface area (Å²) in [4.78, 5) is 20.1. The minimum absolute atomic E-state index is 0.213. The van der Waals surface area contributed by atoms with Gasteiger partial charge in [-0.1, -0.05) is 0 Å². The molecule has 1 rings (SSSR count). The fourth-order valence-corrected chi connectivity index (χ4v) is 2.45. The second kappa shape index (κ2) is 8.12. The number of carbonyl (C=O) groups is 1. The van der Waals surface area contributed by atoms with Crippen molar-refractivity contribution < 1.29 is 9.53 Å². The molecule has 0 amide bonds. The van der Waals surface area contributed by atoms with Gasteiger partial charge in [-0.25, -0.2) is 4.98 Å². The van der Waals surface area contributed by atoms with Gasteiger partial charge < -0.3 is 14.5 Å². The SMILES string of the molecule is CCOC(=O)Cc1csc(N(C)CCCN(C)C)n1. The quantitative estimate of drug-likeness (QED) is 0.679. The highest BCUT2D eigenvalue weighted by Crippen LogP contribution is 2.19. The zero-order valence-electron chi connectivity index (χ0n) is 12.2. The molecule has 0 aliphatic carbocycles. The Labute approximate surface area is 119 Å². The Bertz CT molecular complexity index is 393. The molecule has 0 unspecified atom stereocenters. The Morgan fingerprint density at radius 1 is 1.37 bits per heavy atom. The van der Waals surface area contributed by atoms with Crippen LogP contribution in [0.15, 0.2) is 5.38 Å². The van der Waals surface area contributed by atoms with Crippen molar-refractivity contribution in [2.75, 3.05) is 45.7 Å². The fourth-order valence-electron chi connectivity index (χ4n) is 1.63. The summed E-state index contributed by atoms with van der Waals surface area (Å²) >= 11 is 1.57. The average molecular weight is 285 g/mol. The zero-order valence-corrected chi connectivity index (χ0v) is 13.0. The van der Waals surface area contributed by atoms with Crippen molar-refractivity contribution in [2.24, 2.45) is 0 Å². The highest BCUT2D eigenvalue weighted by atomic mass is 32.1. The number of aromatic nitrogens is 1. The molecule has 19 heavy (non-hydrogen) atoms. The van der Waals surface area contributed by atoms with Crippen molar-refractivity contribution in [3.63, 3.8) is 0 Å². The molecular formula is C13H23N3O2S. The van der Waals surface area contributed by atoms with E-state index in [-0.39, 0.29) is 12.4 Å². The highest BCUT2D eigenvalue weighted by Gasteiger charge is 2.10. The van der Waals surface area contributed by atoms with Crippen LogP contribution in [0.1, 0.15) is 19.0 Å². The molecule has 6 heteroatoms. The molecule has 0 aliphatic heterocycles. The normalized spacial score (nSPS) is 10.8. The molecule has 0 saturated carbocycles. The lowest BCUT2D eigenvalue weighted by Crippen LogP contribution is -2.23. The maximum Gasteiger partial charge on any atom is 0.311 e. The first kappa shape index (κ1) is 15.9. The van der Waals surface area contributed by atoms with Crippen LogP contribution in [0.3, 0.4) is 0 Å². The van der Waals surface area contributed by atoms with Crippen molar-refractivity contribution in [1.82, 2.24) is 9.88 Å². The van der Waals surface area contributed by atoms with Crippen LogP contribution in [0.25, 0.3) is 0 Å². The molecule has 0 fully saturated rings. The van der Waals surface area contributed by atoms with Gasteiger partial charge in [0, 0.05) is 19.0 Å². The van der Waals surface area contributed by atoms with Crippen LogP contribution in [0.4, 0.5) is 5.13 Å². The summed E-state index contributed by atoms with van der Waals surface area (Å²) in [6, 6.07) is 0. The summed E-state index contributed by atoms with van der Waals surface area (Å²) in [7, 11) is 6.17. The molecule has 0 bridgehead atoms. The molecule has 1 aromatic rings. The molecule has 0 atom stereocenters. The van der Waals surface area contributed by atoms with Crippen molar-refractivity contribution in [3.8, 4) is 0 Å². The molecule has 0 aliphatic rings. The second-order valence-electron chi connectivity index (χ2n) is 4.68. The first-order chi connectivity index (χ1) is 9.02. The largest absolute Gasteiger partial charge is 0.466 e. The van der Waals surface area contributed by atoms with E-state index >= 15 is 0 Å². The predicted molar refractivity (Wildman–Crippen MR) is 78.9 cm³/mol. The summed E-state index contributed by atoms with van der Waals surface area (Å²) in [5, 5.41) is 2.88. The molecule has 1 heterocycles. The van der Waals surface area contributed by atoms with E-state index < -0.39 is 0 Å². The number of nitrogens with zero attached hydrogens (tertiary/aromatic N) is 3. The van der Waals surface area contributed by atoms with Crippen LogP contribution in [-0.2, 0) is 16.0 Å². The van der Waals surface area contributed by atoms with E-state index in [2.05, 4.69) is 28.9 Å². The number of ether oxygens (including phenoxy) is 1. The zero-order chi connectivity index (χ0) is 14.3. The first-order valence-corrected chi connectivity index (χ1v) is 7.36. The van der Waals surface area contributed by atoms with E-state index in [4.69, 9.17) is 4.74 Å². The van der Waals surface area contributed by atoms with E-state index in [0.29, 0.717) is 6.61 Å². The van der Waals surface area contributed by atoms with Gasteiger partial charge in [-0.3, -0.25) is 4.79 Å². The maximum absolute atomic E-state index is 11.4. The van der Waals surface area contributed by atoms with Gasteiger partial charge in [-0.2, -0.15) is 0 Å². The molecule has 0 spiro atoms. The van der Waals surface area contributed by atoms with E-state index in [9.17, 15) is 4.79 Å². The molecular weight excluding hydrogens is 262 g/mol. The highest BCUT2D eigenvalue weighted by molar-refractivity contribution is 7.13. The van der Waals surface area contributed by atoms with Crippen LogP contribution < -0.4 is 4.90 Å². The summed E-state index contributed by atoms with van der Waals surface area (Å²) in [6.07, 6.45) is 1.35. The number of thiazole rings is 1. The van der Waals surface area contributed by atoms with Gasteiger partial charge in [0.15, 0.2) is 5.13 Å². The Hall–Kier alpha value is -1.14. The lowest BCUT2D eigenvalue weighted by molar-refractivity contribution is -0.142. The fraction of sp³-hybridized carbons (Fsp3) is 0.692. The summed E-state index contributed by atoms with van der Waals surface area (Å²) in [5.74, 6) is -0.213. The molecule has 5 nitrogen and oxygen atoms in total. The summed E-state index contributed by atoms with van der Waals surface area (Å²) in [5.41, 5.74) is 0.790. The van der Waals surface area contributed by atoms with Crippen LogP contribution in [0.2, 0.25) is 0 Å². The predicted octanol–water partition coefficient (Wildman–Crippen LogP) is 1.64. The van der Waals surface area contributed by atoms with Gasteiger partial charge >= 0.3 is 5.97 Å². The molecule has 0 saturated heterocycles. The first-order valence-electron chi connectivity index (χ1n) is 6.48. The smallest absolute Gasteiger partial charge is 0.311 e. The Kier molecular flexibility index (Phi) is 6.80. The number of esters is 1. The number of rotatable bonds is 8. The minimum atomic E-state index is -0.213. The summed E-state index contributed by atoms with van der Waals surface area (Å²) in [6.45, 7) is 4.25. The number of anilines is 1. The molecule has 1 aromatic heterocycles. The lowest BCUT2D eigenvalue weighted by atomic mass is 10.3. The number of carbonyl (C=O) groups excluding carboxylic acids is 1. The molecule has 0 aromatic carbocycles. The van der Waals surface area contributed by atoms with Crippen molar-refractivity contribution in [3.05, 3.63) is 11.1 Å². The van der Waals surface area contributed by atoms with Crippen molar-refractivity contribution in [1.29, 1.82) is 0 Å². The van der Waals surface area contributed by atoms with Crippen LogP contribution in [0.5, 0.6) is 0 Å². The molecule has 108 valence electrons. The standard InChI is InChI=1S/C13H23N3O2S/c1-5-18-12(17)9-11-10-19-13(14-11)16(4)8-6-7-15(2)3/h10H,5-9H2,1-4H3. The number of hydrogen-bond donors (Lipinski definition) is 0. The number of hydrogen-bond acceptors (Lipinski definition) is 6. The molecule has 0 radical (unpaired) electrons. The lowest BCUT2D eigenvalue weighted by Gasteiger charge is -2.17. The van der Waals surface area contributed by atoms with Gasteiger partial charge in [0.25, 0.3) is 0 Å². The van der Waals surface area contributed by atoms with Gasteiger partial charge in [0.05, 0.1) is 18.7 Å². The third kappa shape index (κ3) is 6.02. The van der Waals surface area contributed by atoms with Crippen LogP contribution >= 0.6 is 11.3 Å². The minimum Gasteiger partial charge on any atom is -0.466 e. The van der Waals surface area contributed by atoms with E-state index in [1.807, 2.05) is 19.4 Å². The van der Waals surface area contributed by atoms with E-state index in [0.717, 1.165) is 30.3 Å². The average Bonchev–Trinajstić information content (AvgIpc) is 2.77. The van der Waals surface area contributed by atoms with Gasteiger partial charge in [0.1, 0.15) is 0 Å². The Balaban J connectivity index is 2.42.